The zero-order chi connectivity index (χ0) is 29.6. The molecule has 2 aliphatic heterocycles. The molecule has 4 aliphatic rings. The van der Waals surface area contributed by atoms with Gasteiger partial charge in [0.2, 0.25) is 0 Å². The van der Waals surface area contributed by atoms with E-state index in [4.69, 9.17) is 5.10 Å². The Bertz CT molecular complexity index is 1420. The topological polar surface area (TPSA) is 61.6 Å². The molecule has 3 aromatic rings. The highest BCUT2D eigenvalue weighted by Gasteiger charge is 2.58. The van der Waals surface area contributed by atoms with E-state index in [9.17, 15) is 14.3 Å². The number of hydrogen-bond acceptors (Lipinski definition) is 4. The highest BCUT2D eigenvalue weighted by atomic mass is 19.1. The lowest BCUT2D eigenvalue weighted by Crippen LogP contribution is -2.44. The summed E-state index contributed by atoms with van der Waals surface area (Å²) < 4.78 is 16.6. The minimum Gasteiger partial charge on any atom is -0.481 e. The van der Waals surface area contributed by atoms with Crippen molar-refractivity contribution in [1.82, 2.24) is 19.6 Å². The lowest BCUT2D eigenvalue weighted by molar-refractivity contribution is -0.152. The number of aromatic nitrogens is 2. The molecule has 1 N–H and O–H groups in total. The fourth-order valence-corrected chi connectivity index (χ4v) is 8.92. The lowest BCUT2D eigenvalue weighted by atomic mass is 9.73. The van der Waals surface area contributed by atoms with Gasteiger partial charge in [0, 0.05) is 69.8 Å². The van der Waals surface area contributed by atoms with Gasteiger partial charge in [-0.3, -0.25) is 9.48 Å². The predicted octanol–water partition coefficient (Wildman–Crippen LogP) is 6.03. The number of carboxylic acid groups (broad SMARTS) is 1. The Balaban J connectivity index is 1.02. The minimum atomic E-state index is -0.637. The third kappa shape index (κ3) is 5.78. The fraction of sp³-hybridized carbons (Fsp3) is 0.556. The Morgan fingerprint density at radius 3 is 2.42 bits per heavy atom. The van der Waals surface area contributed by atoms with E-state index in [1.807, 2.05) is 6.07 Å². The molecule has 5 atom stereocenters. The van der Waals surface area contributed by atoms with Crippen molar-refractivity contribution in [2.75, 3.05) is 39.3 Å². The number of rotatable bonds is 10. The normalized spacial score (nSPS) is 28.7. The number of hydrogen-bond donors (Lipinski definition) is 1. The molecular weight excluding hydrogens is 539 g/mol. The van der Waals surface area contributed by atoms with Crippen molar-refractivity contribution < 1.29 is 14.3 Å². The summed E-state index contributed by atoms with van der Waals surface area (Å²) in [4.78, 5) is 17.5. The molecule has 1 aromatic heterocycles. The van der Waals surface area contributed by atoms with E-state index in [1.165, 1.54) is 17.3 Å². The number of aryl methyl sites for hydroxylation is 1. The van der Waals surface area contributed by atoms with E-state index in [-0.39, 0.29) is 11.7 Å². The standard InChI is InChI=1S/C36H45FN4O2/c1-2-41-33(18-29(38-41)16-25-10-5-3-6-11-25)34-31-22-39(23-32(31)34)19-27-20-40(21-30(27)26-12-9-13-28(37)17-26)24-36(35(42)43)14-7-4-8-15-36/h3,5-6,9-13,17-18,27,30-32,34H,2,4,7-8,14-16,19-24H2,1H3,(H,42,43)/t27-,30+,31-,32+,34?/m0/s1. The number of aliphatic carboxylic acids is 1. The fourth-order valence-electron chi connectivity index (χ4n) is 8.92. The summed E-state index contributed by atoms with van der Waals surface area (Å²) in [6.45, 7) is 8.59. The van der Waals surface area contributed by atoms with Crippen LogP contribution in [0.4, 0.5) is 4.39 Å². The van der Waals surface area contributed by atoms with Crippen LogP contribution in [0.2, 0.25) is 0 Å². The lowest BCUT2D eigenvalue weighted by Gasteiger charge is -2.36. The van der Waals surface area contributed by atoms with E-state index in [0.717, 1.165) is 89.1 Å². The van der Waals surface area contributed by atoms with E-state index in [0.29, 0.717) is 30.2 Å². The summed E-state index contributed by atoms with van der Waals surface area (Å²) in [5.74, 6) is 1.71. The third-order valence-electron chi connectivity index (χ3n) is 11.1. The number of carbonyl (C=O) groups is 1. The van der Waals surface area contributed by atoms with Crippen LogP contribution in [0, 0.1) is 29.0 Å². The molecule has 2 aliphatic carbocycles. The molecule has 2 saturated carbocycles. The van der Waals surface area contributed by atoms with E-state index in [1.54, 1.807) is 6.07 Å². The average molecular weight is 585 g/mol. The molecule has 43 heavy (non-hydrogen) atoms. The predicted molar refractivity (Wildman–Crippen MR) is 166 cm³/mol. The molecule has 6 nitrogen and oxygen atoms in total. The van der Waals surface area contributed by atoms with Crippen LogP contribution in [0.3, 0.4) is 0 Å². The summed E-state index contributed by atoms with van der Waals surface area (Å²) in [6, 6.07) is 20.0. The zero-order valence-corrected chi connectivity index (χ0v) is 25.4. The maximum atomic E-state index is 14.3. The van der Waals surface area contributed by atoms with Gasteiger partial charge in [-0.1, -0.05) is 61.7 Å². The Kier molecular flexibility index (Phi) is 7.89. The highest BCUT2D eigenvalue weighted by molar-refractivity contribution is 5.75. The first-order valence-corrected chi connectivity index (χ1v) is 16.5. The zero-order valence-electron chi connectivity index (χ0n) is 25.4. The summed E-state index contributed by atoms with van der Waals surface area (Å²) in [7, 11) is 0. The summed E-state index contributed by atoms with van der Waals surface area (Å²) in [5, 5.41) is 15.2. The largest absolute Gasteiger partial charge is 0.481 e. The number of fused-ring (bicyclic) bond motifs is 1. The van der Waals surface area contributed by atoms with Gasteiger partial charge < -0.3 is 14.9 Å². The highest BCUT2D eigenvalue weighted by Crippen LogP contribution is 2.58. The smallest absolute Gasteiger partial charge is 0.310 e. The van der Waals surface area contributed by atoms with Crippen molar-refractivity contribution in [2.24, 2.45) is 23.2 Å². The van der Waals surface area contributed by atoms with Gasteiger partial charge in [-0.25, -0.2) is 4.39 Å². The molecule has 0 amide bonds. The SMILES string of the molecule is CCn1nc(Cc2ccccc2)cc1C1[C@H]2CN(C[C@H]3CN(CC4(C(=O)O)CCCCC4)C[C@@H]3c3cccc(F)c3)C[C@@H]12. The third-order valence-corrected chi connectivity index (χ3v) is 11.1. The van der Waals surface area contributed by atoms with Gasteiger partial charge in [0.05, 0.1) is 11.1 Å². The number of nitrogens with zero attached hydrogens (tertiary/aromatic N) is 4. The number of carboxylic acids is 1. The first-order valence-electron chi connectivity index (χ1n) is 16.5. The summed E-state index contributed by atoms with van der Waals surface area (Å²) in [5.41, 5.74) is 4.28. The molecule has 2 aromatic carbocycles. The number of halogens is 1. The Morgan fingerprint density at radius 1 is 0.953 bits per heavy atom. The monoisotopic (exact) mass is 584 g/mol. The van der Waals surface area contributed by atoms with E-state index >= 15 is 0 Å². The second-order valence-corrected chi connectivity index (χ2v) is 13.9. The van der Waals surface area contributed by atoms with Crippen molar-refractivity contribution >= 4 is 5.97 Å². The van der Waals surface area contributed by atoms with Crippen molar-refractivity contribution in [1.29, 1.82) is 0 Å². The maximum absolute atomic E-state index is 14.3. The molecule has 7 heteroatoms. The molecule has 2 saturated heterocycles. The number of piperidine rings is 1. The molecule has 1 unspecified atom stereocenters. The van der Waals surface area contributed by atoms with Gasteiger partial charge in [0.15, 0.2) is 0 Å². The van der Waals surface area contributed by atoms with Gasteiger partial charge in [-0.2, -0.15) is 5.10 Å². The first-order chi connectivity index (χ1) is 20.9. The van der Waals surface area contributed by atoms with Crippen molar-refractivity contribution in [3.63, 3.8) is 0 Å². The van der Waals surface area contributed by atoms with Gasteiger partial charge in [-0.05, 0) is 66.8 Å². The van der Waals surface area contributed by atoms with Gasteiger partial charge in [0.1, 0.15) is 5.82 Å². The van der Waals surface area contributed by atoms with Crippen LogP contribution in [-0.4, -0.2) is 69.9 Å². The quantitative estimate of drug-likeness (QED) is 0.315. The maximum Gasteiger partial charge on any atom is 0.310 e. The first kappa shape index (κ1) is 28.7. The van der Waals surface area contributed by atoms with Gasteiger partial charge in [0.25, 0.3) is 0 Å². The van der Waals surface area contributed by atoms with Crippen molar-refractivity contribution in [3.8, 4) is 0 Å². The van der Waals surface area contributed by atoms with E-state index in [2.05, 4.69) is 63.9 Å². The van der Waals surface area contributed by atoms with Crippen LogP contribution in [0.15, 0.2) is 60.7 Å². The second kappa shape index (κ2) is 11.8. The minimum absolute atomic E-state index is 0.187. The Morgan fingerprint density at radius 2 is 1.72 bits per heavy atom. The molecule has 0 bridgehead atoms. The second-order valence-electron chi connectivity index (χ2n) is 13.9. The van der Waals surface area contributed by atoms with Crippen LogP contribution >= 0.6 is 0 Å². The summed E-state index contributed by atoms with van der Waals surface area (Å²) in [6.07, 6.45) is 5.55. The molecular formula is C36H45FN4O2. The Hall–Kier alpha value is -3.03. The molecule has 228 valence electrons. The number of likely N-dealkylation sites (tertiary alicyclic amines) is 2. The molecule has 0 radical (unpaired) electrons. The van der Waals surface area contributed by atoms with Crippen LogP contribution in [0.1, 0.15) is 73.4 Å². The molecule has 7 rings (SSSR count). The molecule has 4 fully saturated rings. The molecule has 0 spiro atoms. The Labute approximate surface area is 254 Å². The van der Waals surface area contributed by atoms with Crippen LogP contribution in [0.25, 0.3) is 0 Å². The number of benzene rings is 2. The van der Waals surface area contributed by atoms with Crippen LogP contribution in [0.5, 0.6) is 0 Å². The van der Waals surface area contributed by atoms with Gasteiger partial charge in [-0.15, -0.1) is 0 Å². The average Bonchev–Trinajstić information content (AvgIpc) is 3.35. The van der Waals surface area contributed by atoms with E-state index < -0.39 is 11.4 Å². The van der Waals surface area contributed by atoms with Crippen LogP contribution in [-0.2, 0) is 17.8 Å². The van der Waals surface area contributed by atoms with Crippen LogP contribution < -0.4 is 0 Å². The van der Waals surface area contributed by atoms with Gasteiger partial charge >= 0.3 is 5.97 Å². The summed E-state index contributed by atoms with van der Waals surface area (Å²) >= 11 is 0. The van der Waals surface area contributed by atoms with Crippen molar-refractivity contribution in [2.45, 2.75) is 63.8 Å². The van der Waals surface area contributed by atoms with Crippen molar-refractivity contribution in [3.05, 3.63) is 89.0 Å². The molecule has 3 heterocycles.